The summed E-state index contributed by atoms with van der Waals surface area (Å²) in [5.74, 6) is -0.991. The molecule has 0 heterocycles. The van der Waals surface area contributed by atoms with E-state index in [0.29, 0.717) is 13.2 Å². The van der Waals surface area contributed by atoms with Gasteiger partial charge >= 0.3 is 0 Å². The van der Waals surface area contributed by atoms with Gasteiger partial charge in [-0.2, -0.15) is 0 Å². The zero-order valence-electron chi connectivity index (χ0n) is 6.76. The van der Waals surface area contributed by atoms with Crippen molar-refractivity contribution in [1.82, 2.24) is 0 Å². The summed E-state index contributed by atoms with van der Waals surface area (Å²) in [6.07, 6.45) is 1.87. The number of ether oxygens (including phenoxy) is 1. The average molecular weight is 147 g/mol. The van der Waals surface area contributed by atoms with Crippen molar-refractivity contribution >= 4 is 0 Å². The first-order valence-corrected chi connectivity index (χ1v) is 3.62. The largest absolute Gasteiger partial charge is 0.366 e. The summed E-state index contributed by atoms with van der Waals surface area (Å²) < 4.78 is 5.03. The van der Waals surface area contributed by atoms with Crippen LogP contribution >= 0.6 is 0 Å². The minimum absolute atomic E-state index is 0.584. The predicted molar refractivity (Wildman–Crippen MR) is 40.5 cm³/mol. The molecule has 0 spiro atoms. The molecule has 3 N–H and O–H groups in total. The highest BCUT2D eigenvalue weighted by molar-refractivity contribution is 4.48. The molecule has 0 aromatic carbocycles. The third-order valence-electron chi connectivity index (χ3n) is 1.05. The van der Waals surface area contributed by atoms with Crippen molar-refractivity contribution in [1.29, 1.82) is 0 Å². The van der Waals surface area contributed by atoms with Crippen LogP contribution in [-0.4, -0.2) is 24.0 Å². The van der Waals surface area contributed by atoms with Crippen LogP contribution in [0.2, 0.25) is 0 Å². The summed E-state index contributed by atoms with van der Waals surface area (Å²) in [6.45, 7) is 4.51. The second-order valence-electron chi connectivity index (χ2n) is 2.79. The van der Waals surface area contributed by atoms with Crippen molar-refractivity contribution in [2.45, 2.75) is 32.5 Å². The smallest absolute Gasteiger partial charge is 0.159 e. The highest BCUT2D eigenvalue weighted by atomic mass is 16.6. The van der Waals surface area contributed by atoms with E-state index >= 15 is 0 Å². The molecule has 0 aliphatic rings. The minimum Gasteiger partial charge on any atom is -0.366 e. The number of hydrogen-bond acceptors (Lipinski definition) is 3. The van der Waals surface area contributed by atoms with E-state index in [2.05, 4.69) is 0 Å². The topological polar surface area (TPSA) is 55.5 Å². The molecule has 0 bridgehead atoms. The third kappa shape index (κ3) is 7.88. The highest BCUT2D eigenvalue weighted by Crippen LogP contribution is 2.03. The highest BCUT2D eigenvalue weighted by Gasteiger charge is 2.10. The fraction of sp³-hybridized carbons (Fsp3) is 1.00. The maximum Gasteiger partial charge on any atom is 0.159 e. The molecule has 0 saturated heterocycles. The second kappa shape index (κ2) is 4.66. The fourth-order valence-corrected chi connectivity index (χ4v) is 0.568. The van der Waals surface area contributed by atoms with Crippen molar-refractivity contribution in [3.63, 3.8) is 0 Å². The Morgan fingerprint density at radius 2 is 2.00 bits per heavy atom. The van der Waals surface area contributed by atoms with Gasteiger partial charge in [0.15, 0.2) is 5.79 Å². The van der Waals surface area contributed by atoms with Crippen molar-refractivity contribution in [3.05, 3.63) is 0 Å². The van der Waals surface area contributed by atoms with Crippen LogP contribution in [0.1, 0.15) is 26.7 Å². The molecule has 0 unspecified atom stereocenters. The van der Waals surface area contributed by atoms with E-state index in [-0.39, 0.29) is 0 Å². The Kier molecular flexibility index (Phi) is 4.60. The van der Waals surface area contributed by atoms with Gasteiger partial charge in [-0.1, -0.05) is 0 Å². The molecule has 3 heteroatoms. The van der Waals surface area contributed by atoms with E-state index in [1.165, 1.54) is 0 Å². The van der Waals surface area contributed by atoms with Crippen LogP contribution in [0.15, 0.2) is 0 Å². The van der Waals surface area contributed by atoms with Gasteiger partial charge in [0.05, 0.1) is 6.61 Å². The zero-order chi connectivity index (χ0) is 8.04. The molecule has 62 valence electrons. The van der Waals surface area contributed by atoms with Gasteiger partial charge in [-0.15, -0.1) is 0 Å². The van der Waals surface area contributed by atoms with E-state index in [9.17, 15) is 0 Å². The summed E-state index contributed by atoms with van der Waals surface area (Å²) in [6, 6.07) is 0. The minimum atomic E-state index is -0.991. The molecule has 0 atom stereocenters. The summed E-state index contributed by atoms with van der Waals surface area (Å²) in [7, 11) is 0. The number of rotatable bonds is 5. The maximum absolute atomic E-state index is 9.06. The Bertz CT molecular complexity index is 78.2. The van der Waals surface area contributed by atoms with E-state index in [1.54, 1.807) is 13.8 Å². The zero-order valence-corrected chi connectivity index (χ0v) is 6.76. The summed E-state index contributed by atoms with van der Waals surface area (Å²) in [5.41, 5.74) is 5.26. The first kappa shape index (κ1) is 9.88. The SMILES string of the molecule is CC(C)(O)OCCCCN. The molecule has 0 aliphatic heterocycles. The Hall–Kier alpha value is -0.120. The Morgan fingerprint density at radius 3 is 2.40 bits per heavy atom. The quantitative estimate of drug-likeness (QED) is 0.439. The predicted octanol–water partition coefficient (Wildman–Crippen LogP) is 0.470. The Balaban J connectivity index is 3.04. The Labute approximate surface area is 62.2 Å². The van der Waals surface area contributed by atoms with Crippen molar-refractivity contribution in [2.24, 2.45) is 5.73 Å². The van der Waals surface area contributed by atoms with Crippen LogP contribution in [0.5, 0.6) is 0 Å². The average Bonchev–Trinajstić information content (AvgIpc) is 1.78. The first-order chi connectivity index (χ1) is 4.56. The molecule has 0 fully saturated rings. The summed E-state index contributed by atoms with van der Waals surface area (Å²) in [5, 5.41) is 9.06. The number of aliphatic hydroxyl groups is 1. The number of unbranched alkanes of at least 4 members (excludes halogenated alkanes) is 1. The lowest BCUT2D eigenvalue weighted by Gasteiger charge is -2.17. The van der Waals surface area contributed by atoms with Gasteiger partial charge in [-0.3, -0.25) is 0 Å². The van der Waals surface area contributed by atoms with Crippen molar-refractivity contribution < 1.29 is 9.84 Å². The lowest BCUT2D eigenvalue weighted by atomic mass is 10.3. The van der Waals surface area contributed by atoms with Crippen LogP contribution in [0.4, 0.5) is 0 Å². The second-order valence-corrected chi connectivity index (χ2v) is 2.79. The van der Waals surface area contributed by atoms with Gasteiger partial charge in [0.25, 0.3) is 0 Å². The normalized spacial score (nSPS) is 12.0. The molecular weight excluding hydrogens is 130 g/mol. The molecule has 3 nitrogen and oxygen atoms in total. The molecule has 0 aromatic rings. The van der Waals surface area contributed by atoms with E-state index in [0.717, 1.165) is 12.8 Å². The summed E-state index contributed by atoms with van der Waals surface area (Å²) >= 11 is 0. The fourth-order valence-electron chi connectivity index (χ4n) is 0.568. The molecule has 10 heavy (non-hydrogen) atoms. The van der Waals surface area contributed by atoms with Crippen LogP contribution < -0.4 is 5.73 Å². The van der Waals surface area contributed by atoms with E-state index < -0.39 is 5.79 Å². The monoisotopic (exact) mass is 147 g/mol. The van der Waals surface area contributed by atoms with E-state index in [4.69, 9.17) is 15.6 Å². The van der Waals surface area contributed by atoms with Crippen LogP contribution in [-0.2, 0) is 4.74 Å². The van der Waals surface area contributed by atoms with Crippen LogP contribution in [0.25, 0.3) is 0 Å². The van der Waals surface area contributed by atoms with Crippen molar-refractivity contribution in [3.8, 4) is 0 Å². The van der Waals surface area contributed by atoms with Gasteiger partial charge in [0.1, 0.15) is 0 Å². The number of hydrogen-bond donors (Lipinski definition) is 2. The first-order valence-electron chi connectivity index (χ1n) is 3.62. The lowest BCUT2D eigenvalue weighted by molar-refractivity contribution is -0.176. The molecule has 0 aromatic heterocycles. The van der Waals surface area contributed by atoms with Gasteiger partial charge in [0, 0.05) is 0 Å². The van der Waals surface area contributed by atoms with Gasteiger partial charge in [-0.05, 0) is 33.2 Å². The molecule has 0 aliphatic carbocycles. The number of nitrogens with two attached hydrogens (primary N) is 1. The molecule has 0 rings (SSSR count). The van der Waals surface area contributed by atoms with Gasteiger partial charge in [-0.25, -0.2) is 0 Å². The van der Waals surface area contributed by atoms with Crippen LogP contribution in [0.3, 0.4) is 0 Å². The molecule has 0 saturated carbocycles. The molecular formula is C7H17NO2. The maximum atomic E-state index is 9.06. The van der Waals surface area contributed by atoms with Crippen molar-refractivity contribution in [2.75, 3.05) is 13.2 Å². The van der Waals surface area contributed by atoms with Gasteiger partial charge < -0.3 is 15.6 Å². The summed E-state index contributed by atoms with van der Waals surface area (Å²) in [4.78, 5) is 0. The van der Waals surface area contributed by atoms with Crippen LogP contribution in [0, 0.1) is 0 Å². The van der Waals surface area contributed by atoms with Gasteiger partial charge in [0.2, 0.25) is 0 Å². The molecule has 0 radical (unpaired) electrons. The third-order valence-corrected chi connectivity index (χ3v) is 1.05. The standard InChI is InChI=1S/C7H17NO2/c1-7(2,9)10-6-4-3-5-8/h9H,3-6,8H2,1-2H3. The lowest BCUT2D eigenvalue weighted by Crippen LogP contribution is -2.23. The van der Waals surface area contributed by atoms with E-state index in [1.807, 2.05) is 0 Å². The molecule has 0 amide bonds. The Morgan fingerprint density at radius 1 is 1.40 bits per heavy atom.